The second-order valence-electron chi connectivity index (χ2n) is 8.20. The van der Waals surface area contributed by atoms with Gasteiger partial charge in [-0.05, 0) is 91.8 Å². The van der Waals surface area contributed by atoms with Crippen LogP contribution in [0.5, 0.6) is 0 Å². The molecule has 0 aliphatic carbocycles. The Morgan fingerprint density at radius 1 is 1.07 bits per heavy atom. The maximum Gasteiger partial charge on any atom is 0.489 e. The van der Waals surface area contributed by atoms with Gasteiger partial charge in [0.1, 0.15) is 5.60 Å². The average Bonchev–Trinajstić information content (AvgIpc) is 2.55. The van der Waals surface area contributed by atoms with Gasteiger partial charge in [-0.2, -0.15) is 0 Å². The standard InChI is InChI=1S/C19H30BIN2O4/c1-12-15(13(2)17(21)14(3)16(12)20(25)26)11-22-7-9-23(10-8-22)18(24)27-19(4,5)6/h25-26H,7-11H2,1-6H3. The fourth-order valence-electron chi connectivity index (χ4n) is 3.52. The number of piperazine rings is 1. The van der Waals surface area contributed by atoms with Crippen molar-refractivity contribution in [2.75, 3.05) is 26.2 Å². The molecule has 0 spiro atoms. The lowest BCUT2D eigenvalue weighted by Gasteiger charge is -2.36. The highest BCUT2D eigenvalue weighted by Crippen LogP contribution is 2.24. The molecule has 0 unspecified atom stereocenters. The summed E-state index contributed by atoms with van der Waals surface area (Å²) in [5, 5.41) is 19.6. The molecule has 0 radical (unpaired) electrons. The lowest BCUT2D eigenvalue weighted by Crippen LogP contribution is -2.50. The van der Waals surface area contributed by atoms with Gasteiger partial charge in [-0.15, -0.1) is 0 Å². The molecule has 1 heterocycles. The van der Waals surface area contributed by atoms with Gasteiger partial charge in [0.15, 0.2) is 0 Å². The van der Waals surface area contributed by atoms with Gasteiger partial charge in [-0.1, -0.05) is 0 Å². The molecule has 1 aliphatic rings. The minimum absolute atomic E-state index is 0.259. The molecule has 1 aromatic rings. The van der Waals surface area contributed by atoms with E-state index in [9.17, 15) is 14.8 Å². The third kappa shape index (κ3) is 5.37. The van der Waals surface area contributed by atoms with Gasteiger partial charge in [0.05, 0.1) is 0 Å². The predicted octanol–water partition coefficient (Wildman–Crippen LogP) is 1.95. The Bertz CT molecular complexity index is 711. The van der Waals surface area contributed by atoms with Gasteiger partial charge < -0.3 is 19.7 Å². The van der Waals surface area contributed by atoms with Crippen molar-refractivity contribution >= 4 is 41.3 Å². The highest BCUT2D eigenvalue weighted by molar-refractivity contribution is 14.1. The van der Waals surface area contributed by atoms with Crippen LogP contribution in [0, 0.1) is 24.3 Å². The Labute approximate surface area is 176 Å². The van der Waals surface area contributed by atoms with Crippen LogP contribution in [0.4, 0.5) is 4.79 Å². The van der Waals surface area contributed by atoms with Crippen LogP contribution in [0.2, 0.25) is 0 Å². The van der Waals surface area contributed by atoms with Gasteiger partial charge in [-0.3, -0.25) is 4.90 Å². The highest BCUT2D eigenvalue weighted by atomic mass is 127. The third-order valence-electron chi connectivity index (χ3n) is 5.04. The van der Waals surface area contributed by atoms with Crippen LogP contribution < -0.4 is 5.46 Å². The maximum atomic E-state index is 12.2. The summed E-state index contributed by atoms with van der Waals surface area (Å²) >= 11 is 2.28. The Morgan fingerprint density at radius 3 is 2.11 bits per heavy atom. The molecule has 1 amide bonds. The van der Waals surface area contributed by atoms with Gasteiger partial charge in [-0.25, -0.2) is 4.79 Å². The van der Waals surface area contributed by atoms with Crippen LogP contribution in [-0.4, -0.2) is 64.8 Å². The number of hydrogen-bond acceptors (Lipinski definition) is 5. The van der Waals surface area contributed by atoms with Crippen molar-refractivity contribution in [3.05, 3.63) is 25.8 Å². The van der Waals surface area contributed by atoms with Crippen molar-refractivity contribution in [2.24, 2.45) is 0 Å². The van der Waals surface area contributed by atoms with E-state index in [0.717, 1.165) is 39.9 Å². The SMILES string of the molecule is Cc1c(I)c(C)c(B(O)O)c(C)c1CN1CCN(C(=O)OC(C)(C)C)CC1. The van der Waals surface area contributed by atoms with E-state index < -0.39 is 12.7 Å². The minimum atomic E-state index is -1.47. The second kappa shape index (κ2) is 8.67. The zero-order chi connectivity index (χ0) is 20.5. The van der Waals surface area contributed by atoms with E-state index in [1.54, 1.807) is 4.90 Å². The molecule has 0 saturated carbocycles. The normalized spacial score (nSPS) is 15.8. The van der Waals surface area contributed by atoms with Crippen molar-refractivity contribution in [1.29, 1.82) is 0 Å². The first-order chi connectivity index (χ1) is 12.4. The average molecular weight is 488 g/mol. The Balaban J connectivity index is 2.11. The smallest absolute Gasteiger partial charge is 0.444 e. The lowest BCUT2D eigenvalue weighted by atomic mass is 9.72. The van der Waals surface area contributed by atoms with Crippen LogP contribution in [0.15, 0.2) is 0 Å². The van der Waals surface area contributed by atoms with E-state index in [0.29, 0.717) is 18.6 Å². The van der Waals surface area contributed by atoms with Gasteiger partial charge >= 0.3 is 13.2 Å². The molecule has 8 heteroatoms. The first kappa shape index (κ1) is 22.5. The number of benzene rings is 1. The van der Waals surface area contributed by atoms with Crippen LogP contribution in [0.1, 0.15) is 43.0 Å². The number of amides is 1. The summed E-state index contributed by atoms with van der Waals surface area (Å²) in [5.74, 6) is 0. The summed E-state index contributed by atoms with van der Waals surface area (Å²) in [7, 11) is -1.47. The Hall–Kier alpha value is -0.835. The van der Waals surface area contributed by atoms with Crippen molar-refractivity contribution < 1.29 is 19.6 Å². The summed E-state index contributed by atoms with van der Waals surface area (Å²) in [4.78, 5) is 16.3. The first-order valence-electron chi connectivity index (χ1n) is 9.26. The van der Waals surface area contributed by atoms with E-state index in [2.05, 4.69) is 34.4 Å². The monoisotopic (exact) mass is 488 g/mol. The summed E-state index contributed by atoms with van der Waals surface area (Å²) in [6.45, 7) is 15.1. The van der Waals surface area contributed by atoms with Crippen molar-refractivity contribution in [3.8, 4) is 0 Å². The first-order valence-corrected chi connectivity index (χ1v) is 10.3. The molecule has 2 N–H and O–H groups in total. The van der Waals surface area contributed by atoms with Crippen LogP contribution >= 0.6 is 22.6 Å². The van der Waals surface area contributed by atoms with E-state index in [1.807, 2.05) is 34.6 Å². The molecular weight excluding hydrogens is 458 g/mol. The fourth-order valence-corrected chi connectivity index (χ4v) is 4.14. The lowest BCUT2D eigenvalue weighted by molar-refractivity contribution is 0.0138. The zero-order valence-electron chi connectivity index (χ0n) is 17.1. The zero-order valence-corrected chi connectivity index (χ0v) is 19.3. The number of rotatable bonds is 3. The van der Waals surface area contributed by atoms with E-state index in [-0.39, 0.29) is 6.09 Å². The molecule has 1 saturated heterocycles. The van der Waals surface area contributed by atoms with Crippen molar-refractivity contribution in [3.63, 3.8) is 0 Å². The summed E-state index contributed by atoms with van der Waals surface area (Å²) in [6, 6.07) is 0. The molecule has 0 aromatic heterocycles. The van der Waals surface area contributed by atoms with Crippen LogP contribution in [-0.2, 0) is 11.3 Å². The molecule has 1 fully saturated rings. The molecule has 2 rings (SSSR count). The minimum Gasteiger partial charge on any atom is -0.444 e. The Morgan fingerprint density at radius 2 is 1.63 bits per heavy atom. The third-order valence-corrected chi connectivity index (χ3v) is 6.65. The molecule has 1 aliphatic heterocycles. The summed E-state index contributed by atoms with van der Waals surface area (Å²) in [6.07, 6.45) is -0.259. The second-order valence-corrected chi connectivity index (χ2v) is 9.28. The maximum absolute atomic E-state index is 12.2. The van der Waals surface area contributed by atoms with Crippen molar-refractivity contribution in [1.82, 2.24) is 9.80 Å². The fraction of sp³-hybridized carbons (Fsp3) is 0.632. The molecule has 27 heavy (non-hydrogen) atoms. The number of ether oxygens (including phenoxy) is 1. The van der Waals surface area contributed by atoms with Crippen LogP contribution in [0.25, 0.3) is 0 Å². The number of halogens is 1. The number of nitrogens with zero attached hydrogens (tertiary/aromatic N) is 2. The molecular formula is C19H30BIN2O4. The predicted molar refractivity (Wildman–Crippen MR) is 116 cm³/mol. The summed E-state index contributed by atoms with van der Waals surface area (Å²) < 4.78 is 6.52. The summed E-state index contributed by atoms with van der Waals surface area (Å²) in [5.41, 5.74) is 4.31. The molecule has 150 valence electrons. The number of carbonyl (C=O) groups is 1. The quantitative estimate of drug-likeness (QED) is 0.503. The molecule has 0 bridgehead atoms. The molecule has 1 aromatic carbocycles. The van der Waals surface area contributed by atoms with E-state index in [4.69, 9.17) is 4.74 Å². The van der Waals surface area contributed by atoms with E-state index >= 15 is 0 Å². The van der Waals surface area contributed by atoms with Gasteiger partial charge in [0, 0.05) is 36.3 Å². The topological polar surface area (TPSA) is 73.2 Å². The van der Waals surface area contributed by atoms with Gasteiger partial charge in [0.2, 0.25) is 0 Å². The molecule has 0 atom stereocenters. The van der Waals surface area contributed by atoms with Gasteiger partial charge in [0.25, 0.3) is 0 Å². The number of hydrogen-bond donors (Lipinski definition) is 2. The number of carbonyl (C=O) groups excluding carboxylic acids is 1. The highest BCUT2D eigenvalue weighted by Gasteiger charge is 2.28. The van der Waals surface area contributed by atoms with Crippen molar-refractivity contribution in [2.45, 2.75) is 53.7 Å². The molecule has 6 nitrogen and oxygen atoms in total. The largest absolute Gasteiger partial charge is 0.489 e. The van der Waals surface area contributed by atoms with Crippen LogP contribution in [0.3, 0.4) is 0 Å². The van der Waals surface area contributed by atoms with E-state index in [1.165, 1.54) is 5.56 Å². The Kier molecular flexibility index (Phi) is 7.21.